The van der Waals surface area contributed by atoms with Crippen LogP contribution in [0.4, 0.5) is 0 Å². The lowest BCUT2D eigenvalue weighted by atomic mass is 10.0. The van der Waals surface area contributed by atoms with E-state index < -0.39 is 73.5 Å². The molecule has 0 aliphatic carbocycles. The summed E-state index contributed by atoms with van der Waals surface area (Å²) in [6, 6.07) is -0.542. The average molecular weight is 588 g/mol. The van der Waals surface area contributed by atoms with E-state index in [1.807, 2.05) is 0 Å². The Balaban J connectivity index is 3.06. The SMILES string of the molecule is CC(=O)N[C@@H](C)C(=O)N[C@@H](C)C(=O)N[C@@H](Cc1ccc(OP(=O)(O)O)cc1)C(=O)N[C@@H](C)C(=O)N[C@@H](C)C(=O)O. The first-order chi connectivity index (χ1) is 18.4. The van der Waals surface area contributed by atoms with Crippen LogP contribution < -0.4 is 31.1 Å². The van der Waals surface area contributed by atoms with Crippen LogP contribution in [-0.4, -0.2) is 80.6 Å². The van der Waals surface area contributed by atoms with Gasteiger partial charge in [0.2, 0.25) is 29.5 Å². The second-order valence-corrected chi connectivity index (χ2v) is 10.1. The van der Waals surface area contributed by atoms with Crippen molar-refractivity contribution < 1.29 is 52.7 Å². The maximum atomic E-state index is 13.1. The molecule has 0 unspecified atom stereocenters. The molecule has 17 heteroatoms. The van der Waals surface area contributed by atoms with Crippen molar-refractivity contribution in [2.24, 2.45) is 0 Å². The van der Waals surface area contributed by atoms with Gasteiger partial charge in [-0.05, 0) is 45.4 Å². The van der Waals surface area contributed by atoms with E-state index in [0.717, 1.165) is 0 Å². The van der Waals surface area contributed by atoms with Gasteiger partial charge >= 0.3 is 13.8 Å². The summed E-state index contributed by atoms with van der Waals surface area (Å²) >= 11 is 0. The summed E-state index contributed by atoms with van der Waals surface area (Å²) < 4.78 is 15.5. The molecule has 5 amide bonds. The highest BCUT2D eigenvalue weighted by Gasteiger charge is 2.29. The number of carbonyl (C=O) groups excluding carboxylic acids is 5. The number of amides is 5. The lowest BCUT2D eigenvalue weighted by molar-refractivity contribution is -0.141. The molecule has 0 radical (unpaired) electrons. The van der Waals surface area contributed by atoms with E-state index in [4.69, 9.17) is 14.9 Å². The molecule has 0 spiro atoms. The van der Waals surface area contributed by atoms with Crippen molar-refractivity contribution in [3.05, 3.63) is 29.8 Å². The van der Waals surface area contributed by atoms with Gasteiger partial charge in [-0.2, -0.15) is 0 Å². The maximum absolute atomic E-state index is 13.1. The van der Waals surface area contributed by atoms with Crippen molar-refractivity contribution in [3.8, 4) is 5.75 Å². The second-order valence-electron chi connectivity index (χ2n) is 8.94. The fraction of sp³-hybridized carbons (Fsp3) is 0.478. The van der Waals surface area contributed by atoms with Crippen LogP contribution in [0.2, 0.25) is 0 Å². The van der Waals surface area contributed by atoms with Gasteiger partial charge in [0.15, 0.2) is 0 Å². The minimum absolute atomic E-state index is 0.149. The van der Waals surface area contributed by atoms with E-state index >= 15 is 0 Å². The zero-order valence-electron chi connectivity index (χ0n) is 22.5. The molecule has 1 aromatic rings. The Labute approximate surface area is 229 Å². The van der Waals surface area contributed by atoms with E-state index in [0.29, 0.717) is 5.56 Å². The summed E-state index contributed by atoms with van der Waals surface area (Å²) in [5, 5.41) is 20.8. The predicted octanol–water partition coefficient (Wildman–Crippen LogP) is -1.69. The lowest BCUT2D eigenvalue weighted by Gasteiger charge is -2.24. The molecule has 0 aliphatic heterocycles. The van der Waals surface area contributed by atoms with Crippen LogP contribution in [-0.2, 0) is 39.8 Å². The van der Waals surface area contributed by atoms with Crippen LogP contribution in [0.5, 0.6) is 5.75 Å². The van der Waals surface area contributed by atoms with Crippen LogP contribution in [0, 0.1) is 0 Å². The predicted molar refractivity (Wildman–Crippen MR) is 138 cm³/mol. The van der Waals surface area contributed by atoms with E-state index in [-0.39, 0.29) is 12.2 Å². The molecule has 0 saturated heterocycles. The number of aliphatic carboxylic acids is 1. The Bertz CT molecular complexity index is 1150. The molecule has 0 bridgehead atoms. The minimum Gasteiger partial charge on any atom is -0.480 e. The fourth-order valence-corrected chi connectivity index (χ4v) is 3.52. The third-order valence-electron chi connectivity index (χ3n) is 5.27. The third kappa shape index (κ3) is 12.2. The van der Waals surface area contributed by atoms with Crippen LogP contribution in [0.1, 0.15) is 40.2 Å². The van der Waals surface area contributed by atoms with Gasteiger partial charge < -0.3 is 36.2 Å². The van der Waals surface area contributed by atoms with Gasteiger partial charge in [-0.15, -0.1) is 0 Å². The van der Waals surface area contributed by atoms with Crippen molar-refractivity contribution >= 4 is 43.3 Å². The topological polar surface area (TPSA) is 250 Å². The number of phosphoric ester groups is 1. The largest absolute Gasteiger partial charge is 0.524 e. The van der Waals surface area contributed by atoms with Gasteiger partial charge in [0, 0.05) is 13.3 Å². The molecule has 1 rings (SSSR count). The van der Waals surface area contributed by atoms with Crippen LogP contribution in [0.25, 0.3) is 0 Å². The Morgan fingerprint density at radius 3 is 1.60 bits per heavy atom. The number of benzene rings is 1. The molecule has 16 nitrogen and oxygen atoms in total. The molecule has 40 heavy (non-hydrogen) atoms. The van der Waals surface area contributed by atoms with Gasteiger partial charge in [0.1, 0.15) is 36.0 Å². The normalized spacial score (nSPS) is 14.8. The average Bonchev–Trinajstić information content (AvgIpc) is 2.82. The van der Waals surface area contributed by atoms with Crippen molar-refractivity contribution in [1.29, 1.82) is 0 Å². The van der Waals surface area contributed by atoms with Gasteiger partial charge in [-0.25, -0.2) is 4.57 Å². The summed E-state index contributed by atoms with van der Waals surface area (Å²) in [7, 11) is -4.80. The highest BCUT2D eigenvalue weighted by molar-refractivity contribution is 7.46. The first kappa shape index (κ1) is 34.0. The standard InChI is InChI=1S/C23H34N5O11P/c1-11(24-15(5)29)19(30)25-13(3)21(32)28-18(10-16-6-8-17(9-7-16)39-40(36,37)38)22(33)26-12(2)20(31)27-14(4)23(34)35/h6-9,11-14,18H,10H2,1-5H3,(H,24,29)(H,25,30)(H,26,33)(H,27,31)(H,28,32)(H,34,35)(H2,36,37,38)/t11-,12-,13-,14-,18-/m0/s1. The van der Waals surface area contributed by atoms with E-state index in [1.165, 1.54) is 58.9 Å². The van der Waals surface area contributed by atoms with Crippen LogP contribution >= 0.6 is 7.82 Å². The summed E-state index contributed by atoms with van der Waals surface area (Å²) in [5.41, 5.74) is 0.422. The molecule has 0 aromatic heterocycles. The molecule has 0 aliphatic rings. The molecule has 8 N–H and O–H groups in total. The number of carbonyl (C=O) groups is 6. The van der Waals surface area contributed by atoms with Crippen LogP contribution in [0.15, 0.2) is 24.3 Å². The van der Waals surface area contributed by atoms with Gasteiger partial charge in [-0.3, -0.25) is 38.6 Å². The number of carboxylic acids is 1. The molecule has 222 valence electrons. The third-order valence-corrected chi connectivity index (χ3v) is 5.72. The lowest BCUT2D eigenvalue weighted by Crippen LogP contribution is -2.58. The molecule has 0 fully saturated rings. The van der Waals surface area contributed by atoms with Crippen LogP contribution in [0.3, 0.4) is 0 Å². The number of hydrogen-bond acceptors (Lipinski definition) is 8. The summed E-state index contributed by atoms with van der Waals surface area (Å²) in [6.07, 6.45) is -0.156. The number of hydrogen-bond donors (Lipinski definition) is 8. The monoisotopic (exact) mass is 587 g/mol. The molecule has 0 heterocycles. The first-order valence-electron chi connectivity index (χ1n) is 11.9. The first-order valence-corrected chi connectivity index (χ1v) is 13.5. The van der Waals surface area contributed by atoms with Crippen molar-refractivity contribution in [2.45, 2.75) is 71.2 Å². The van der Waals surface area contributed by atoms with E-state index in [1.54, 1.807) is 0 Å². The Morgan fingerprint density at radius 2 is 1.15 bits per heavy atom. The molecular weight excluding hydrogens is 553 g/mol. The number of rotatable bonds is 14. The highest BCUT2D eigenvalue weighted by atomic mass is 31.2. The summed E-state index contributed by atoms with van der Waals surface area (Å²) in [5.74, 6) is -4.93. The molecular formula is C23H34N5O11P. The fourth-order valence-electron chi connectivity index (χ4n) is 3.12. The van der Waals surface area contributed by atoms with Gasteiger partial charge in [0.05, 0.1) is 0 Å². The number of nitrogens with one attached hydrogen (secondary N) is 5. The van der Waals surface area contributed by atoms with E-state index in [9.17, 15) is 33.3 Å². The summed E-state index contributed by atoms with van der Waals surface area (Å²) in [6.45, 7) is 6.52. The Kier molecular flexibility index (Phi) is 12.7. The smallest absolute Gasteiger partial charge is 0.480 e. The number of carboxylic acid groups (broad SMARTS) is 1. The van der Waals surface area contributed by atoms with Crippen molar-refractivity contribution in [2.75, 3.05) is 0 Å². The Hall–Kier alpha value is -4.01. The van der Waals surface area contributed by atoms with Crippen molar-refractivity contribution in [1.82, 2.24) is 26.6 Å². The van der Waals surface area contributed by atoms with Gasteiger partial charge in [0.25, 0.3) is 0 Å². The van der Waals surface area contributed by atoms with Gasteiger partial charge in [-0.1, -0.05) is 12.1 Å². The zero-order chi connectivity index (χ0) is 30.8. The Morgan fingerprint density at radius 1 is 0.725 bits per heavy atom. The zero-order valence-corrected chi connectivity index (χ0v) is 23.4. The quantitative estimate of drug-likeness (QED) is 0.114. The molecule has 1 aromatic carbocycles. The number of phosphoric acid groups is 1. The maximum Gasteiger partial charge on any atom is 0.524 e. The molecule has 5 atom stereocenters. The summed E-state index contributed by atoms with van der Waals surface area (Å²) in [4.78, 5) is 90.5. The second kappa shape index (κ2) is 15.0. The van der Waals surface area contributed by atoms with Crippen molar-refractivity contribution in [3.63, 3.8) is 0 Å². The van der Waals surface area contributed by atoms with E-state index in [2.05, 4.69) is 31.1 Å². The minimum atomic E-state index is -4.80. The highest BCUT2D eigenvalue weighted by Crippen LogP contribution is 2.37. The molecule has 0 saturated carbocycles.